The molecule has 1 atom stereocenters. The molecule has 0 spiro atoms. The maximum atomic E-state index is 6.26. The quantitative estimate of drug-likeness (QED) is 0.838. The van der Waals surface area contributed by atoms with Crippen LogP contribution < -0.4 is 5.32 Å². The smallest absolute Gasteiger partial charge is 0.0595 e. The molecule has 0 aliphatic rings. The molecule has 0 heterocycles. The zero-order chi connectivity index (χ0) is 11.3. The van der Waals surface area contributed by atoms with Crippen LogP contribution in [-0.2, 0) is 0 Å². The van der Waals surface area contributed by atoms with Gasteiger partial charge in [0.15, 0.2) is 0 Å². The van der Waals surface area contributed by atoms with Gasteiger partial charge in [-0.05, 0) is 41.0 Å². The molecule has 1 aromatic rings. The summed E-state index contributed by atoms with van der Waals surface area (Å²) in [6, 6.07) is 6.44. The number of hydrogen-bond acceptors (Lipinski definition) is 1. The second-order valence-electron chi connectivity index (χ2n) is 3.63. The Morgan fingerprint density at radius 2 is 2.20 bits per heavy atom. The third-order valence-corrected chi connectivity index (χ3v) is 3.86. The van der Waals surface area contributed by atoms with Crippen LogP contribution in [0.3, 0.4) is 0 Å². The minimum absolute atomic E-state index is 0.356. The molecule has 0 amide bonds. The van der Waals surface area contributed by atoms with Crippen LogP contribution in [0.2, 0.25) is 5.02 Å². The standard InChI is InChI=1S/C12H17BrClN/c1-3-4-8-11(15-2)9-6-5-7-10(13)12(9)14/h5-7,11,15H,3-4,8H2,1-2H3. The largest absolute Gasteiger partial charge is 0.313 e. The Morgan fingerprint density at radius 3 is 2.80 bits per heavy atom. The van der Waals surface area contributed by atoms with Crippen molar-refractivity contribution in [1.82, 2.24) is 5.32 Å². The molecular weight excluding hydrogens is 273 g/mol. The summed E-state index contributed by atoms with van der Waals surface area (Å²) in [7, 11) is 1.98. The van der Waals surface area contributed by atoms with E-state index in [1.54, 1.807) is 0 Å². The van der Waals surface area contributed by atoms with Crippen LogP contribution in [0.5, 0.6) is 0 Å². The third-order valence-electron chi connectivity index (χ3n) is 2.55. The molecule has 1 nitrogen and oxygen atoms in total. The molecule has 0 aliphatic heterocycles. The summed E-state index contributed by atoms with van der Waals surface area (Å²) in [6.07, 6.45) is 3.56. The molecule has 0 aromatic heterocycles. The summed E-state index contributed by atoms with van der Waals surface area (Å²) in [5.41, 5.74) is 1.18. The van der Waals surface area contributed by atoms with E-state index in [-0.39, 0.29) is 0 Å². The van der Waals surface area contributed by atoms with E-state index in [2.05, 4.69) is 34.2 Å². The minimum atomic E-state index is 0.356. The first kappa shape index (κ1) is 13.0. The number of rotatable bonds is 5. The summed E-state index contributed by atoms with van der Waals surface area (Å²) < 4.78 is 0.971. The maximum Gasteiger partial charge on any atom is 0.0595 e. The van der Waals surface area contributed by atoms with E-state index in [1.165, 1.54) is 18.4 Å². The van der Waals surface area contributed by atoms with Gasteiger partial charge in [-0.1, -0.05) is 43.5 Å². The second-order valence-corrected chi connectivity index (χ2v) is 4.86. The van der Waals surface area contributed by atoms with Crippen LogP contribution in [0.15, 0.2) is 22.7 Å². The number of halogens is 2. The van der Waals surface area contributed by atoms with Gasteiger partial charge in [0.1, 0.15) is 0 Å². The Bertz CT molecular complexity index is 314. The molecule has 3 heteroatoms. The van der Waals surface area contributed by atoms with Gasteiger partial charge in [-0.25, -0.2) is 0 Å². The normalized spacial score (nSPS) is 12.8. The van der Waals surface area contributed by atoms with Crippen molar-refractivity contribution in [3.8, 4) is 0 Å². The summed E-state index contributed by atoms with van der Waals surface area (Å²) in [6.45, 7) is 2.20. The molecule has 0 bridgehead atoms. The molecule has 15 heavy (non-hydrogen) atoms. The van der Waals surface area contributed by atoms with Crippen molar-refractivity contribution in [2.45, 2.75) is 32.2 Å². The van der Waals surface area contributed by atoms with Crippen molar-refractivity contribution < 1.29 is 0 Å². The van der Waals surface area contributed by atoms with E-state index >= 15 is 0 Å². The Morgan fingerprint density at radius 1 is 1.47 bits per heavy atom. The van der Waals surface area contributed by atoms with Crippen LogP contribution in [0.1, 0.15) is 37.8 Å². The summed E-state index contributed by atoms with van der Waals surface area (Å²) in [4.78, 5) is 0. The molecule has 0 saturated carbocycles. The lowest BCUT2D eigenvalue weighted by Gasteiger charge is -2.18. The molecule has 1 unspecified atom stereocenters. The first-order valence-corrected chi connectivity index (χ1v) is 6.49. The molecule has 1 N–H and O–H groups in total. The average Bonchev–Trinajstić information content (AvgIpc) is 2.25. The lowest BCUT2D eigenvalue weighted by atomic mass is 10.0. The Kier molecular flexibility index (Phi) is 5.65. The van der Waals surface area contributed by atoms with E-state index in [9.17, 15) is 0 Å². The van der Waals surface area contributed by atoms with Crippen LogP contribution in [0.4, 0.5) is 0 Å². The highest BCUT2D eigenvalue weighted by Crippen LogP contribution is 2.32. The predicted molar refractivity (Wildman–Crippen MR) is 70.5 cm³/mol. The van der Waals surface area contributed by atoms with Crippen molar-refractivity contribution in [3.05, 3.63) is 33.3 Å². The number of unbranched alkanes of at least 4 members (excludes halogenated alkanes) is 1. The highest BCUT2D eigenvalue weighted by atomic mass is 79.9. The molecule has 0 aliphatic carbocycles. The van der Waals surface area contributed by atoms with Gasteiger partial charge >= 0.3 is 0 Å². The molecule has 1 rings (SSSR count). The van der Waals surface area contributed by atoms with Gasteiger partial charge < -0.3 is 5.32 Å². The van der Waals surface area contributed by atoms with E-state index in [4.69, 9.17) is 11.6 Å². The van der Waals surface area contributed by atoms with Crippen molar-refractivity contribution >= 4 is 27.5 Å². The highest BCUT2D eigenvalue weighted by molar-refractivity contribution is 9.10. The summed E-state index contributed by atoms with van der Waals surface area (Å²) >= 11 is 9.71. The number of nitrogens with one attached hydrogen (secondary N) is 1. The van der Waals surface area contributed by atoms with E-state index in [0.29, 0.717) is 6.04 Å². The Labute approximate surface area is 105 Å². The lowest BCUT2D eigenvalue weighted by Crippen LogP contribution is -2.16. The monoisotopic (exact) mass is 289 g/mol. The minimum Gasteiger partial charge on any atom is -0.313 e. The van der Waals surface area contributed by atoms with Gasteiger partial charge in [0.2, 0.25) is 0 Å². The molecule has 84 valence electrons. The third kappa shape index (κ3) is 3.47. The topological polar surface area (TPSA) is 12.0 Å². The number of hydrogen-bond donors (Lipinski definition) is 1. The molecule has 1 aromatic carbocycles. The first-order valence-electron chi connectivity index (χ1n) is 5.31. The van der Waals surface area contributed by atoms with Gasteiger partial charge in [-0.3, -0.25) is 0 Å². The van der Waals surface area contributed by atoms with Gasteiger partial charge in [0.25, 0.3) is 0 Å². The summed E-state index contributed by atoms with van der Waals surface area (Å²) in [5, 5.41) is 4.14. The van der Waals surface area contributed by atoms with E-state index < -0.39 is 0 Å². The Balaban J connectivity index is 2.86. The van der Waals surface area contributed by atoms with Crippen molar-refractivity contribution in [1.29, 1.82) is 0 Å². The van der Waals surface area contributed by atoms with Gasteiger partial charge in [-0.2, -0.15) is 0 Å². The van der Waals surface area contributed by atoms with Crippen molar-refractivity contribution in [2.24, 2.45) is 0 Å². The highest BCUT2D eigenvalue weighted by Gasteiger charge is 2.13. The fourth-order valence-corrected chi connectivity index (χ4v) is 2.29. The SMILES string of the molecule is CCCCC(NC)c1cccc(Br)c1Cl. The maximum absolute atomic E-state index is 6.26. The van der Waals surface area contributed by atoms with Crippen molar-refractivity contribution in [2.75, 3.05) is 7.05 Å². The second kappa shape index (κ2) is 6.51. The van der Waals surface area contributed by atoms with Gasteiger partial charge in [0.05, 0.1) is 5.02 Å². The molecule has 0 radical (unpaired) electrons. The zero-order valence-corrected chi connectivity index (χ0v) is 11.5. The molecule has 0 saturated heterocycles. The van der Waals surface area contributed by atoms with Crippen molar-refractivity contribution in [3.63, 3.8) is 0 Å². The number of benzene rings is 1. The fourth-order valence-electron chi connectivity index (χ4n) is 1.65. The van der Waals surface area contributed by atoms with Crippen LogP contribution >= 0.6 is 27.5 Å². The van der Waals surface area contributed by atoms with Crippen LogP contribution in [0.25, 0.3) is 0 Å². The lowest BCUT2D eigenvalue weighted by molar-refractivity contribution is 0.523. The predicted octanol–water partition coefficient (Wildman–Crippen LogP) is 4.55. The first-order chi connectivity index (χ1) is 7.20. The van der Waals surface area contributed by atoms with Gasteiger partial charge in [0, 0.05) is 10.5 Å². The average molecular weight is 291 g/mol. The fraction of sp³-hybridized carbons (Fsp3) is 0.500. The van der Waals surface area contributed by atoms with Gasteiger partial charge in [-0.15, -0.1) is 0 Å². The summed E-state index contributed by atoms with van der Waals surface area (Å²) in [5.74, 6) is 0. The van der Waals surface area contributed by atoms with Crippen LogP contribution in [-0.4, -0.2) is 7.05 Å². The zero-order valence-electron chi connectivity index (χ0n) is 9.19. The molecule has 0 fully saturated rings. The van der Waals surface area contributed by atoms with E-state index in [0.717, 1.165) is 15.9 Å². The van der Waals surface area contributed by atoms with E-state index in [1.807, 2.05) is 19.2 Å². The Hall–Kier alpha value is -0.0500. The molecular formula is C12H17BrClN. The van der Waals surface area contributed by atoms with Crippen LogP contribution in [0, 0.1) is 0 Å².